The molecule has 0 radical (unpaired) electrons. The number of aromatic nitrogens is 1. The lowest BCUT2D eigenvalue weighted by molar-refractivity contribution is 0.165. The van der Waals surface area contributed by atoms with Crippen molar-refractivity contribution in [1.82, 2.24) is 15.2 Å². The zero-order valence-corrected chi connectivity index (χ0v) is 13.9. The Kier molecular flexibility index (Phi) is 3.42. The van der Waals surface area contributed by atoms with Crippen molar-refractivity contribution in [3.8, 4) is 11.3 Å². The van der Waals surface area contributed by atoms with Gasteiger partial charge >= 0.3 is 0 Å². The molecule has 3 aromatic rings. The van der Waals surface area contributed by atoms with E-state index in [1.165, 1.54) is 39.7 Å². The fourth-order valence-electron chi connectivity index (χ4n) is 4.53. The highest BCUT2D eigenvalue weighted by Gasteiger charge is 2.30. The van der Waals surface area contributed by atoms with E-state index in [1.807, 2.05) is 0 Å². The summed E-state index contributed by atoms with van der Waals surface area (Å²) in [5.41, 5.74) is 6.94. The summed E-state index contributed by atoms with van der Waals surface area (Å²) >= 11 is 0. The molecule has 1 saturated heterocycles. The number of hydrogen-bond acceptors (Lipinski definition) is 2. The summed E-state index contributed by atoms with van der Waals surface area (Å²) in [6, 6.07) is 18.1. The predicted molar refractivity (Wildman–Crippen MR) is 99.2 cm³/mol. The normalized spacial score (nSPS) is 21.2. The molecule has 3 nitrogen and oxygen atoms in total. The van der Waals surface area contributed by atoms with Gasteiger partial charge in [-0.25, -0.2) is 0 Å². The maximum Gasteiger partial charge on any atom is 0.0497 e. The minimum Gasteiger partial charge on any atom is -0.354 e. The SMILES string of the molecule is c1ccc(-c2[nH]c3cccc4c3c2CCC4N2CCNCC2)cc1. The Hall–Kier alpha value is -2.10. The van der Waals surface area contributed by atoms with Crippen LogP contribution in [0.1, 0.15) is 23.6 Å². The number of aromatic amines is 1. The number of nitrogens with one attached hydrogen (secondary N) is 2. The average Bonchev–Trinajstić information content (AvgIpc) is 3.04. The number of piperazine rings is 1. The first-order valence-corrected chi connectivity index (χ1v) is 9.05. The molecule has 3 heteroatoms. The fourth-order valence-corrected chi connectivity index (χ4v) is 4.53. The number of hydrogen-bond donors (Lipinski definition) is 2. The third-order valence-electron chi connectivity index (χ3n) is 5.64. The molecule has 0 saturated carbocycles. The molecule has 1 fully saturated rings. The molecule has 2 N–H and O–H groups in total. The topological polar surface area (TPSA) is 31.1 Å². The van der Waals surface area contributed by atoms with Gasteiger partial charge in [-0.1, -0.05) is 42.5 Å². The van der Waals surface area contributed by atoms with Gasteiger partial charge in [-0.3, -0.25) is 4.90 Å². The van der Waals surface area contributed by atoms with Crippen LogP contribution >= 0.6 is 0 Å². The molecule has 0 spiro atoms. The van der Waals surface area contributed by atoms with Gasteiger partial charge in [0.05, 0.1) is 0 Å². The van der Waals surface area contributed by atoms with Crippen molar-refractivity contribution in [2.24, 2.45) is 0 Å². The van der Waals surface area contributed by atoms with Crippen LogP contribution in [0.4, 0.5) is 0 Å². The molecular weight excluding hydrogens is 294 g/mol. The monoisotopic (exact) mass is 317 g/mol. The van der Waals surface area contributed by atoms with Crippen LogP contribution in [0.15, 0.2) is 48.5 Å². The summed E-state index contributed by atoms with van der Waals surface area (Å²) in [5, 5.41) is 4.95. The molecule has 1 atom stereocenters. The van der Waals surface area contributed by atoms with Crippen molar-refractivity contribution in [3.05, 3.63) is 59.7 Å². The Morgan fingerprint density at radius 1 is 0.917 bits per heavy atom. The van der Waals surface area contributed by atoms with Crippen LogP contribution in [0.2, 0.25) is 0 Å². The van der Waals surface area contributed by atoms with E-state index in [2.05, 4.69) is 63.7 Å². The first-order chi connectivity index (χ1) is 11.9. The molecule has 24 heavy (non-hydrogen) atoms. The van der Waals surface area contributed by atoms with Crippen LogP contribution in [0.3, 0.4) is 0 Å². The van der Waals surface area contributed by atoms with Crippen molar-refractivity contribution in [3.63, 3.8) is 0 Å². The highest BCUT2D eigenvalue weighted by atomic mass is 15.2. The van der Waals surface area contributed by atoms with Crippen LogP contribution < -0.4 is 5.32 Å². The molecule has 2 heterocycles. The molecular formula is C21H23N3. The number of rotatable bonds is 2. The van der Waals surface area contributed by atoms with Gasteiger partial charge in [-0.2, -0.15) is 0 Å². The average molecular weight is 317 g/mol. The number of aryl methyl sites for hydroxylation is 1. The molecule has 1 unspecified atom stereocenters. The Morgan fingerprint density at radius 2 is 1.75 bits per heavy atom. The van der Waals surface area contributed by atoms with E-state index in [0.29, 0.717) is 6.04 Å². The van der Waals surface area contributed by atoms with Crippen LogP contribution in [-0.4, -0.2) is 36.1 Å². The van der Waals surface area contributed by atoms with Gasteiger partial charge in [0.1, 0.15) is 0 Å². The van der Waals surface area contributed by atoms with Gasteiger partial charge in [0.25, 0.3) is 0 Å². The summed E-state index contributed by atoms with van der Waals surface area (Å²) in [6.45, 7) is 4.54. The molecule has 1 aliphatic carbocycles. The zero-order chi connectivity index (χ0) is 15.9. The Labute approximate surface area is 142 Å². The van der Waals surface area contributed by atoms with Crippen LogP contribution in [-0.2, 0) is 6.42 Å². The fraction of sp³-hybridized carbons (Fsp3) is 0.333. The summed E-state index contributed by atoms with van der Waals surface area (Å²) in [7, 11) is 0. The van der Waals surface area contributed by atoms with Crippen molar-refractivity contribution >= 4 is 10.9 Å². The molecule has 2 aliphatic rings. The maximum atomic E-state index is 3.70. The summed E-state index contributed by atoms with van der Waals surface area (Å²) in [5.74, 6) is 0. The minimum absolute atomic E-state index is 0.572. The lowest BCUT2D eigenvalue weighted by atomic mass is 9.86. The van der Waals surface area contributed by atoms with E-state index < -0.39 is 0 Å². The first-order valence-electron chi connectivity index (χ1n) is 9.05. The number of H-pyrrole nitrogens is 1. The summed E-state index contributed by atoms with van der Waals surface area (Å²) in [4.78, 5) is 6.37. The first kappa shape index (κ1) is 14.3. The Morgan fingerprint density at radius 3 is 2.58 bits per heavy atom. The lowest BCUT2D eigenvalue weighted by Crippen LogP contribution is -2.45. The van der Waals surface area contributed by atoms with Crippen molar-refractivity contribution in [2.75, 3.05) is 26.2 Å². The second-order valence-corrected chi connectivity index (χ2v) is 6.95. The van der Waals surface area contributed by atoms with E-state index in [1.54, 1.807) is 0 Å². The smallest absolute Gasteiger partial charge is 0.0497 e. The minimum atomic E-state index is 0.572. The lowest BCUT2D eigenvalue weighted by Gasteiger charge is -2.37. The van der Waals surface area contributed by atoms with Crippen molar-refractivity contribution in [2.45, 2.75) is 18.9 Å². The third kappa shape index (κ3) is 2.20. The second-order valence-electron chi connectivity index (χ2n) is 6.95. The zero-order valence-electron chi connectivity index (χ0n) is 13.9. The van der Waals surface area contributed by atoms with E-state index in [4.69, 9.17) is 0 Å². The Balaban J connectivity index is 1.65. The van der Waals surface area contributed by atoms with Gasteiger partial charge in [-0.05, 0) is 35.6 Å². The maximum absolute atomic E-state index is 3.70. The Bertz CT molecular complexity index is 859. The second kappa shape index (κ2) is 5.76. The van der Waals surface area contributed by atoms with Crippen molar-refractivity contribution < 1.29 is 0 Å². The van der Waals surface area contributed by atoms with E-state index in [0.717, 1.165) is 32.6 Å². The summed E-state index contributed by atoms with van der Waals surface area (Å²) < 4.78 is 0. The van der Waals surface area contributed by atoms with Gasteiger partial charge in [0.15, 0.2) is 0 Å². The van der Waals surface area contributed by atoms with Gasteiger partial charge in [-0.15, -0.1) is 0 Å². The van der Waals surface area contributed by atoms with E-state index in [9.17, 15) is 0 Å². The largest absolute Gasteiger partial charge is 0.354 e. The number of benzene rings is 2. The van der Waals surface area contributed by atoms with Gasteiger partial charge in [0.2, 0.25) is 0 Å². The van der Waals surface area contributed by atoms with Crippen LogP contribution in [0, 0.1) is 0 Å². The standard InChI is InChI=1S/C21H23N3/c1-2-5-15(6-3-1)21-17-9-10-19(24-13-11-22-12-14-24)16-7-4-8-18(23-21)20(16)17/h1-8,19,22-23H,9-14H2. The van der Waals surface area contributed by atoms with E-state index >= 15 is 0 Å². The predicted octanol–water partition coefficient (Wildman–Crippen LogP) is 3.73. The van der Waals surface area contributed by atoms with E-state index in [-0.39, 0.29) is 0 Å². The molecule has 1 aliphatic heterocycles. The van der Waals surface area contributed by atoms with Crippen LogP contribution in [0.25, 0.3) is 22.2 Å². The highest BCUT2D eigenvalue weighted by Crippen LogP contribution is 2.42. The molecule has 2 aromatic carbocycles. The molecule has 0 bridgehead atoms. The van der Waals surface area contributed by atoms with Crippen molar-refractivity contribution in [1.29, 1.82) is 0 Å². The molecule has 122 valence electrons. The van der Waals surface area contributed by atoms with Crippen LogP contribution in [0.5, 0.6) is 0 Å². The quantitative estimate of drug-likeness (QED) is 0.754. The highest BCUT2D eigenvalue weighted by molar-refractivity contribution is 5.94. The molecule has 1 aromatic heterocycles. The van der Waals surface area contributed by atoms with Gasteiger partial charge < -0.3 is 10.3 Å². The molecule has 5 rings (SSSR count). The summed E-state index contributed by atoms with van der Waals surface area (Å²) in [6.07, 6.45) is 2.39. The number of nitrogens with zero attached hydrogens (tertiary/aromatic N) is 1. The molecule has 0 amide bonds. The third-order valence-corrected chi connectivity index (χ3v) is 5.64. The van der Waals surface area contributed by atoms with Gasteiger partial charge in [0, 0.05) is 48.8 Å².